The highest BCUT2D eigenvalue weighted by Gasteiger charge is 2.29. The van der Waals surface area contributed by atoms with Crippen molar-refractivity contribution < 1.29 is 14.4 Å². The zero-order chi connectivity index (χ0) is 19.1. The molecule has 3 aliphatic rings. The Morgan fingerprint density at radius 1 is 1.04 bits per heavy atom. The first-order valence-electron chi connectivity index (χ1n) is 10.2. The van der Waals surface area contributed by atoms with E-state index < -0.39 is 0 Å². The predicted molar refractivity (Wildman–Crippen MR) is 107 cm³/mol. The first-order chi connectivity index (χ1) is 13.7. The van der Waals surface area contributed by atoms with Gasteiger partial charge in [-0.2, -0.15) is 5.06 Å². The van der Waals surface area contributed by atoms with E-state index in [9.17, 15) is 4.79 Å². The van der Waals surface area contributed by atoms with Gasteiger partial charge >= 0.3 is 0 Å². The topological polar surface area (TPSA) is 42.0 Å². The number of nitrogens with zero attached hydrogens (tertiary/aromatic N) is 2. The van der Waals surface area contributed by atoms with Crippen molar-refractivity contribution >= 4 is 5.91 Å². The monoisotopic (exact) mass is 378 g/mol. The highest BCUT2D eigenvalue weighted by molar-refractivity contribution is 5.94. The maximum Gasteiger partial charge on any atom is 0.286 e. The molecule has 5 rings (SSSR count). The lowest BCUT2D eigenvalue weighted by molar-refractivity contribution is -0.0209. The van der Waals surface area contributed by atoms with Gasteiger partial charge in [-0.05, 0) is 61.1 Å². The molecule has 1 aliphatic carbocycles. The summed E-state index contributed by atoms with van der Waals surface area (Å²) in [5.74, 6) is 1.34. The van der Waals surface area contributed by atoms with Gasteiger partial charge in [0.2, 0.25) is 0 Å². The molecule has 2 aromatic rings. The number of hydrogen-bond donors (Lipinski definition) is 0. The average Bonchev–Trinajstić information content (AvgIpc) is 3.00. The number of hydrogen-bond acceptors (Lipinski definition) is 4. The van der Waals surface area contributed by atoms with Crippen LogP contribution in [-0.2, 0) is 19.4 Å². The van der Waals surface area contributed by atoms with E-state index in [-0.39, 0.29) is 5.91 Å². The number of benzene rings is 2. The molecule has 0 saturated heterocycles. The summed E-state index contributed by atoms with van der Waals surface area (Å²) in [7, 11) is 1.63. The molecule has 0 spiro atoms. The largest absolute Gasteiger partial charge is 0.497 e. The van der Waals surface area contributed by atoms with Crippen LogP contribution in [0.25, 0.3) is 0 Å². The summed E-state index contributed by atoms with van der Waals surface area (Å²) >= 11 is 0. The molecule has 1 saturated carbocycles. The normalized spacial score (nSPS) is 19.2. The van der Waals surface area contributed by atoms with Gasteiger partial charge in [-0.3, -0.25) is 9.69 Å². The van der Waals surface area contributed by atoms with Crippen molar-refractivity contribution in [3.8, 4) is 11.5 Å². The Bertz CT molecular complexity index is 907. The van der Waals surface area contributed by atoms with Crippen LogP contribution in [0.2, 0.25) is 0 Å². The van der Waals surface area contributed by atoms with E-state index in [0.717, 1.165) is 43.3 Å². The first kappa shape index (κ1) is 17.6. The van der Waals surface area contributed by atoms with Crippen molar-refractivity contribution in [2.24, 2.45) is 0 Å². The lowest BCUT2D eigenvalue weighted by Gasteiger charge is -2.36. The van der Waals surface area contributed by atoms with Crippen LogP contribution in [0.1, 0.15) is 46.3 Å². The summed E-state index contributed by atoms with van der Waals surface area (Å²) in [6.45, 7) is 2.70. The molecule has 0 radical (unpaired) electrons. The molecule has 2 aromatic carbocycles. The number of rotatable bonds is 3. The van der Waals surface area contributed by atoms with Crippen molar-refractivity contribution in [1.29, 1.82) is 0 Å². The molecule has 1 amide bonds. The zero-order valence-corrected chi connectivity index (χ0v) is 16.3. The summed E-state index contributed by atoms with van der Waals surface area (Å²) in [6.07, 6.45) is 6.16. The number of fused-ring (bicyclic) bond motifs is 2. The second kappa shape index (κ2) is 7.13. The third kappa shape index (κ3) is 3.14. The molecular formula is C23H26N2O3. The van der Waals surface area contributed by atoms with Gasteiger partial charge in [-0.1, -0.05) is 12.5 Å². The van der Waals surface area contributed by atoms with Crippen LogP contribution in [0.5, 0.6) is 11.5 Å². The van der Waals surface area contributed by atoms with Crippen LogP contribution in [-0.4, -0.2) is 42.1 Å². The average molecular weight is 378 g/mol. The molecule has 1 fully saturated rings. The molecule has 5 nitrogen and oxygen atoms in total. The van der Waals surface area contributed by atoms with Crippen molar-refractivity contribution in [1.82, 2.24) is 9.96 Å². The van der Waals surface area contributed by atoms with E-state index in [1.165, 1.54) is 35.5 Å². The van der Waals surface area contributed by atoms with E-state index in [0.29, 0.717) is 17.9 Å². The van der Waals surface area contributed by atoms with Gasteiger partial charge in [-0.25, -0.2) is 0 Å². The molecule has 0 unspecified atom stereocenters. The van der Waals surface area contributed by atoms with Crippen molar-refractivity contribution in [2.75, 3.05) is 20.2 Å². The molecule has 0 atom stereocenters. The highest BCUT2D eigenvalue weighted by atomic mass is 16.7. The number of amides is 1. The van der Waals surface area contributed by atoms with Crippen LogP contribution < -0.4 is 9.57 Å². The quantitative estimate of drug-likeness (QED) is 0.818. The Morgan fingerprint density at radius 3 is 2.57 bits per heavy atom. The number of methoxy groups -OCH3 is 1. The van der Waals surface area contributed by atoms with Gasteiger partial charge in [-0.15, -0.1) is 0 Å². The maximum absolute atomic E-state index is 13.0. The minimum atomic E-state index is -0.0851. The van der Waals surface area contributed by atoms with Crippen LogP contribution in [0.3, 0.4) is 0 Å². The molecule has 0 aromatic heterocycles. The van der Waals surface area contributed by atoms with Gasteiger partial charge < -0.3 is 9.57 Å². The summed E-state index contributed by atoms with van der Waals surface area (Å²) in [5.41, 5.74) is 4.40. The number of hydroxylamine groups is 2. The van der Waals surface area contributed by atoms with E-state index >= 15 is 0 Å². The molecule has 0 N–H and O–H groups in total. The number of ether oxygens (including phenoxy) is 1. The van der Waals surface area contributed by atoms with E-state index in [1.807, 2.05) is 24.3 Å². The smallest absolute Gasteiger partial charge is 0.286 e. The fraction of sp³-hybridized carbons (Fsp3) is 0.435. The van der Waals surface area contributed by atoms with Gasteiger partial charge in [0.05, 0.1) is 13.7 Å². The van der Waals surface area contributed by atoms with Gasteiger partial charge in [0.15, 0.2) is 5.75 Å². The van der Waals surface area contributed by atoms with Crippen LogP contribution in [0, 0.1) is 0 Å². The van der Waals surface area contributed by atoms with Crippen molar-refractivity contribution in [2.45, 2.75) is 44.7 Å². The van der Waals surface area contributed by atoms with Gasteiger partial charge in [0, 0.05) is 36.3 Å². The Kier molecular flexibility index (Phi) is 4.47. The Morgan fingerprint density at radius 2 is 1.82 bits per heavy atom. The number of carbonyl (C=O) groups excluding carboxylic acids is 1. The first-order valence-corrected chi connectivity index (χ1v) is 10.2. The standard InChI is InChI=1S/C23H26N2O3/c1-27-21-8-7-19-15-25(28-22(19)14-21)23(26)18-6-5-16-9-11-24(20-3-2-4-20)12-10-17(16)13-18/h5-8,13-14,20H,2-4,9-12,15H2,1H3. The fourth-order valence-electron chi connectivity index (χ4n) is 4.43. The molecule has 5 heteroatoms. The molecule has 0 bridgehead atoms. The minimum absolute atomic E-state index is 0.0851. The summed E-state index contributed by atoms with van der Waals surface area (Å²) in [4.78, 5) is 21.5. The third-order valence-corrected chi connectivity index (χ3v) is 6.40. The third-order valence-electron chi connectivity index (χ3n) is 6.40. The molecule has 2 heterocycles. The van der Waals surface area contributed by atoms with Gasteiger partial charge in [0.25, 0.3) is 5.91 Å². The van der Waals surface area contributed by atoms with E-state index in [4.69, 9.17) is 9.57 Å². The Labute approximate surface area is 165 Å². The van der Waals surface area contributed by atoms with Gasteiger partial charge in [0.1, 0.15) is 5.75 Å². The van der Waals surface area contributed by atoms with Crippen LogP contribution in [0.4, 0.5) is 0 Å². The zero-order valence-electron chi connectivity index (χ0n) is 16.3. The SMILES string of the molecule is COc1ccc2c(c1)ON(C(=O)c1ccc3c(c1)CCN(C1CCC1)CC3)C2. The Hall–Kier alpha value is -2.53. The van der Waals surface area contributed by atoms with Crippen molar-refractivity contribution in [3.63, 3.8) is 0 Å². The fourth-order valence-corrected chi connectivity index (χ4v) is 4.43. The lowest BCUT2D eigenvalue weighted by Crippen LogP contribution is -2.41. The maximum atomic E-state index is 13.0. The second-order valence-corrected chi connectivity index (χ2v) is 8.01. The molecule has 2 aliphatic heterocycles. The van der Waals surface area contributed by atoms with Crippen LogP contribution in [0.15, 0.2) is 36.4 Å². The summed E-state index contributed by atoms with van der Waals surface area (Å²) in [5, 5.41) is 1.45. The highest BCUT2D eigenvalue weighted by Crippen LogP contribution is 2.33. The van der Waals surface area contributed by atoms with Crippen molar-refractivity contribution in [3.05, 3.63) is 58.7 Å². The summed E-state index contributed by atoms with van der Waals surface area (Å²) in [6, 6.07) is 12.6. The Balaban J connectivity index is 1.31. The van der Waals surface area contributed by atoms with E-state index in [2.05, 4.69) is 17.0 Å². The second-order valence-electron chi connectivity index (χ2n) is 8.01. The molecule has 28 heavy (non-hydrogen) atoms. The molecule has 146 valence electrons. The minimum Gasteiger partial charge on any atom is -0.497 e. The summed E-state index contributed by atoms with van der Waals surface area (Å²) < 4.78 is 5.24. The predicted octanol–water partition coefficient (Wildman–Crippen LogP) is 3.60. The molecular weight excluding hydrogens is 352 g/mol. The van der Waals surface area contributed by atoms with Crippen LogP contribution >= 0.6 is 0 Å². The van der Waals surface area contributed by atoms with E-state index in [1.54, 1.807) is 7.11 Å². The lowest BCUT2D eigenvalue weighted by atomic mass is 9.91. The number of carbonyl (C=O) groups is 1.